The minimum absolute atomic E-state index is 0.0147. The van der Waals surface area contributed by atoms with Gasteiger partial charge in [0.25, 0.3) is 5.69 Å². The van der Waals surface area contributed by atoms with Crippen LogP contribution in [0.5, 0.6) is 0 Å². The van der Waals surface area contributed by atoms with Gasteiger partial charge in [0.2, 0.25) is 0 Å². The van der Waals surface area contributed by atoms with Gasteiger partial charge >= 0.3 is 0 Å². The lowest BCUT2D eigenvalue weighted by molar-refractivity contribution is -0.383. The average molecular weight is 346 g/mol. The molecule has 3 aromatic rings. The molecular formula is C17H13ClFN3O2. The van der Waals surface area contributed by atoms with Crippen LogP contribution in [0, 0.1) is 15.9 Å². The molecule has 0 atom stereocenters. The van der Waals surface area contributed by atoms with Crippen LogP contribution in [0.25, 0.3) is 10.8 Å². The molecule has 0 amide bonds. The zero-order valence-electron chi connectivity index (χ0n) is 12.7. The highest BCUT2D eigenvalue weighted by atomic mass is 35.5. The van der Waals surface area contributed by atoms with Crippen molar-refractivity contribution in [1.29, 1.82) is 0 Å². The van der Waals surface area contributed by atoms with E-state index in [0.717, 1.165) is 5.69 Å². The second kappa shape index (κ2) is 6.41. The summed E-state index contributed by atoms with van der Waals surface area (Å²) in [6.45, 7) is 0.237. The summed E-state index contributed by atoms with van der Waals surface area (Å²) in [6.07, 6.45) is 3.03. The summed E-state index contributed by atoms with van der Waals surface area (Å²) in [7, 11) is 1.78. The van der Waals surface area contributed by atoms with Crippen LogP contribution in [0.1, 0.15) is 5.56 Å². The van der Waals surface area contributed by atoms with Crippen LogP contribution in [0.4, 0.5) is 15.8 Å². The molecule has 122 valence electrons. The lowest BCUT2D eigenvalue weighted by Gasteiger charge is -2.22. The van der Waals surface area contributed by atoms with Gasteiger partial charge < -0.3 is 4.90 Å². The van der Waals surface area contributed by atoms with Gasteiger partial charge in [-0.15, -0.1) is 0 Å². The standard InChI is InChI=1S/C17H13ClFN3O2/c1-21(10-13-14(18)3-2-4-15(13)19)16-5-6-17(22(23)24)12-9-20-8-7-11(12)16/h2-9H,10H2,1H3. The van der Waals surface area contributed by atoms with Gasteiger partial charge in [0.1, 0.15) is 5.82 Å². The Morgan fingerprint density at radius 3 is 2.75 bits per heavy atom. The molecule has 0 N–H and O–H groups in total. The largest absolute Gasteiger partial charge is 0.370 e. The predicted octanol–water partition coefficient (Wildman–Crippen LogP) is 4.57. The van der Waals surface area contributed by atoms with Crippen molar-refractivity contribution in [2.45, 2.75) is 6.54 Å². The van der Waals surface area contributed by atoms with Gasteiger partial charge in [-0.25, -0.2) is 4.39 Å². The van der Waals surface area contributed by atoms with Crippen LogP contribution in [0.2, 0.25) is 5.02 Å². The van der Waals surface area contributed by atoms with Gasteiger partial charge in [-0.2, -0.15) is 0 Å². The number of fused-ring (bicyclic) bond motifs is 1. The first kappa shape index (κ1) is 16.1. The molecule has 1 heterocycles. The molecular weight excluding hydrogens is 333 g/mol. The topological polar surface area (TPSA) is 59.3 Å². The Morgan fingerprint density at radius 1 is 1.25 bits per heavy atom. The van der Waals surface area contributed by atoms with Crippen LogP contribution in [-0.4, -0.2) is 17.0 Å². The van der Waals surface area contributed by atoms with E-state index in [1.54, 1.807) is 42.4 Å². The minimum Gasteiger partial charge on any atom is -0.370 e. The lowest BCUT2D eigenvalue weighted by Crippen LogP contribution is -2.18. The van der Waals surface area contributed by atoms with E-state index in [-0.39, 0.29) is 18.0 Å². The van der Waals surface area contributed by atoms with E-state index in [2.05, 4.69) is 4.98 Å². The molecule has 0 fully saturated rings. The minimum atomic E-state index is -0.443. The van der Waals surface area contributed by atoms with Gasteiger partial charge in [0.15, 0.2) is 0 Å². The van der Waals surface area contributed by atoms with Crippen LogP contribution in [0.15, 0.2) is 48.8 Å². The molecule has 0 bridgehead atoms. The molecule has 0 saturated carbocycles. The van der Waals surface area contributed by atoms with Crippen molar-refractivity contribution >= 4 is 33.7 Å². The maximum atomic E-state index is 14.0. The van der Waals surface area contributed by atoms with Crippen molar-refractivity contribution in [2.24, 2.45) is 0 Å². The Bertz CT molecular complexity index is 913. The first-order valence-corrected chi connectivity index (χ1v) is 7.52. The number of pyridine rings is 1. The summed E-state index contributed by atoms with van der Waals surface area (Å²) in [6, 6.07) is 9.32. The maximum absolute atomic E-state index is 14.0. The number of rotatable bonds is 4. The number of non-ortho nitro benzene ring substituents is 1. The summed E-state index contributed by atoms with van der Waals surface area (Å²) >= 11 is 6.08. The third-order valence-electron chi connectivity index (χ3n) is 3.84. The fraction of sp³-hybridized carbons (Fsp3) is 0.118. The molecule has 0 spiro atoms. The summed E-state index contributed by atoms with van der Waals surface area (Å²) < 4.78 is 14.0. The first-order chi connectivity index (χ1) is 11.5. The quantitative estimate of drug-likeness (QED) is 0.513. The normalized spacial score (nSPS) is 10.8. The number of anilines is 1. The monoisotopic (exact) mass is 345 g/mol. The molecule has 0 saturated heterocycles. The van der Waals surface area contributed by atoms with Gasteiger partial charge in [0.05, 0.1) is 10.3 Å². The molecule has 5 nitrogen and oxygen atoms in total. The van der Waals surface area contributed by atoms with E-state index >= 15 is 0 Å². The van der Waals surface area contributed by atoms with E-state index in [9.17, 15) is 14.5 Å². The predicted molar refractivity (Wildman–Crippen MR) is 91.9 cm³/mol. The van der Waals surface area contributed by atoms with Gasteiger partial charge in [0, 0.05) is 53.7 Å². The molecule has 7 heteroatoms. The highest BCUT2D eigenvalue weighted by Gasteiger charge is 2.17. The fourth-order valence-corrected chi connectivity index (χ4v) is 2.88. The summed E-state index contributed by atoms with van der Waals surface area (Å²) in [4.78, 5) is 16.5. The van der Waals surface area contributed by atoms with E-state index in [4.69, 9.17) is 11.6 Å². The Kier molecular flexibility index (Phi) is 4.31. The Balaban J connectivity index is 2.06. The molecule has 0 radical (unpaired) electrons. The molecule has 0 aliphatic heterocycles. The number of nitrogens with zero attached hydrogens (tertiary/aromatic N) is 3. The third-order valence-corrected chi connectivity index (χ3v) is 4.19. The Labute approximate surface area is 142 Å². The summed E-state index contributed by atoms with van der Waals surface area (Å²) in [5, 5.41) is 12.6. The molecule has 0 aliphatic carbocycles. The highest BCUT2D eigenvalue weighted by molar-refractivity contribution is 6.31. The van der Waals surface area contributed by atoms with Crippen LogP contribution >= 0.6 is 11.6 Å². The van der Waals surface area contributed by atoms with Gasteiger partial charge in [-0.05, 0) is 24.3 Å². The van der Waals surface area contributed by atoms with Crippen LogP contribution in [-0.2, 0) is 6.54 Å². The molecule has 24 heavy (non-hydrogen) atoms. The van der Waals surface area contributed by atoms with E-state index in [1.807, 2.05) is 0 Å². The molecule has 0 unspecified atom stereocenters. The van der Waals surface area contributed by atoms with E-state index in [0.29, 0.717) is 21.4 Å². The fourth-order valence-electron chi connectivity index (χ4n) is 2.66. The third kappa shape index (κ3) is 2.88. The zero-order chi connectivity index (χ0) is 17.3. The second-order valence-electron chi connectivity index (χ2n) is 5.34. The average Bonchev–Trinajstić information content (AvgIpc) is 2.57. The van der Waals surface area contributed by atoms with Crippen molar-refractivity contribution in [1.82, 2.24) is 4.98 Å². The molecule has 2 aromatic carbocycles. The van der Waals surface area contributed by atoms with Gasteiger partial charge in [-0.3, -0.25) is 15.1 Å². The van der Waals surface area contributed by atoms with Crippen LogP contribution < -0.4 is 4.90 Å². The molecule has 1 aromatic heterocycles. The number of hydrogen-bond acceptors (Lipinski definition) is 4. The lowest BCUT2D eigenvalue weighted by atomic mass is 10.1. The first-order valence-electron chi connectivity index (χ1n) is 7.14. The number of hydrogen-bond donors (Lipinski definition) is 0. The highest BCUT2D eigenvalue weighted by Crippen LogP contribution is 2.33. The zero-order valence-corrected chi connectivity index (χ0v) is 13.5. The number of nitro groups is 1. The molecule has 0 aliphatic rings. The molecule has 3 rings (SSSR count). The van der Waals surface area contributed by atoms with Crippen molar-refractivity contribution in [3.8, 4) is 0 Å². The number of aromatic nitrogens is 1. The smallest absolute Gasteiger partial charge is 0.278 e. The number of halogens is 2. The second-order valence-corrected chi connectivity index (χ2v) is 5.75. The maximum Gasteiger partial charge on any atom is 0.278 e. The van der Waals surface area contributed by atoms with E-state index < -0.39 is 4.92 Å². The number of benzene rings is 2. The van der Waals surface area contributed by atoms with Crippen molar-refractivity contribution in [3.05, 3.63) is 75.3 Å². The van der Waals surface area contributed by atoms with Crippen LogP contribution in [0.3, 0.4) is 0 Å². The van der Waals surface area contributed by atoms with Crippen molar-refractivity contribution in [3.63, 3.8) is 0 Å². The Morgan fingerprint density at radius 2 is 2.04 bits per heavy atom. The van der Waals surface area contributed by atoms with Crippen molar-refractivity contribution < 1.29 is 9.31 Å². The van der Waals surface area contributed by atoms with E-state index in [1.165, 1.54) is 18.3 Å². The van der Waals surface area contributed by atoms with Crippen molar-refractivity contribution in [2.75, 3.05) is 11.9 Å². The summed E-state index contributed by atoms with van der Waals surface area (Å²) in [5.74, 6) is -0.387. The summed E-state index contributed by atoms with van der Waals surface area (Å²) in [5.41, 5.74) is 1.10. The number of nitro benzene ring substituents is 1. The SMILES string of the molecule is CN(Cc1c(F)cccc1Cl)c1ccc([N+](=O)[O-])c2cnccc12. The van der Waals surface area contributed by atoms with Gasteiger partial charge in [-0.1, -0.05) is 17.7 Å². The Hall–Kier alpha value is -2.73.